The van der Waals surface area contributed by atoms with Crippen LogP contribution in [0.3, 0.4) is 0 Å². The number of nitrogens with zero attached hydrogens (tertiary/aromatic N) is 3. The summed E-state index contributed by atoms with van der Waals surface area (Å²) in [5, 5.41) is 29.2. The number of amides is 2. The van der Waals surface area contributed by atoms with E-state index < -0.39 is 30.4 Å². The number of hydrogen-bond donors (Lipinski definition) is 4. The Morgan fingerprint density at radius 3 is 2.60 bits per heavy atom. The van der Waals surface area contributed by atoms with Crippen molar-refractivity contribution in [1.82, 2.24) is 25.4 Å². The average molecular weight is 285 g/mol. The Morgan fingerprint density at radius 1 is 1.40 bits per heavy atom. The molecule has 0 fully saturated rings. The molecule has 1 aromatic heterocycles. The van der Waals surface area contributed by atoms with Gasteiger partial charge in [-0.2, -0.15) is 0 Å². The first-order chi connectivity index (χ1) is 9.40. The third kappa shape index (κ3) is 4.92. The van der Waals surface area contributed by atoms with E-state index in [0.29, 0.717) is 12.2 Å². The predicted octanol–water partition coefficient (Wildman–Crippen LogP) is -1.42. The molecule has 0 bridgehead atoms. The van der Waals surface area contributed by atoms with Crippen molar-refractivity contribution in [2.45, 2.75) is 18.9 Å². The van der Waals surface area contributed by atoms with Crippen molar-refractivity contribution in [1.29, 1.82) is 0 Å². The van der Waals surface area contributed by atoms with E-state index in [2.05, 4.69) is 20.8 Å². The minimum absolute atomic E-state index is 0.220. The van der Waals surface area contributed by atoms with Gasteiger partial charge in [-0.15, -0.1) is 10.2 Å². The van der Waals surface area contributed by atoms with Crippen LogP contribution in [0.5, 0.6) is 0 Å². The molecule has 0 spiro atoms. The van der Waals surface area contributed by atoms with Crippen LogP contribution in [0.15, 0.2) is 6.33 Å². The van der Waals surface area contributed by atoms with Crippen LogP contribution in [-0.2, 0) is 23.1 Å². The fraction of sp³-hybridized carbons (Fsp3) is 0.500. The minimum atomic E-state index is -1.47. The number of rotatable bonds is 7. The lowest BCUT2D eigenvalue weighted by Gasteiger charge is -2.13. The molecule has 0 aliphatic rings. The van der Waals surface area contributed by atoms with E-state index in [1.54, 1.807) is 11.6 Å². The van der Waals surface area contributed by atoms with Crippen molar-refractivity contribution in [3.05, 3.63) is 12.2 Å². The lowest BCUT2D eigenvalue weighted by molar-refractivity contribution is -0.145. The fourth-order valence-corrected chi connectivity index (χ4v) is 1.41. The summed E-state index contributed by atoms with van der Waals surface area (Å²) in [6.45, 7) is 0.220. The molecule has 10 nitrogen and oxygen atoms in total. The molecule has 0 saturated carbocycles. The number of carboxylic acid groups (broad SMARTS) is 2. The summed E-state index contributed by atoms with van der Waals surface area (Å²) in [5.74, 6) is -2.06. The number of aromatic nitrogens is 3. The smallest absolute Gasteiger partial charge is 0.326 e. The molecule has 0 aliphatic heterocycles. The van der Waals surface area contributed by atoms with E-state index >= 15 is 0 Å². The number of aryl methyl sites for hydroxylation is 1. The van der Waals surface area contributed by atoms with Crippen molar-refractivity contribution >= 4 is 18.0 Å². The summed E-state index contributed by atoms with van der Waals surface area (Å²) >= 11 is 0. The first-order valence-electron chi connectivity index (χ1n) is 5.72. The Labute approximate surface area is 113 Å². The summed E-state index contributed by atoms with van der Waals surface area (Å²) in [6, 6.07) is -2.22. The molecule has 110 valence electrons. The Morgan fingerprint density at radius 2 is 2.10 bits per heavy atom. The Bertz CT molecular complexity index is 500. The van der Waals surface area contributed by atoms with E-state index in [4.69, 9.17) is 10.2 Å². The molecule has 0 aliphatic carbocycles. The molecule has 4 N–H and O–H groups in total. The highest BCUT2D eigenvalue weighted by Crippen LogP contribution is 1.94. The molecule has 1 heterocycles. The van der Waals surface area contributed by atoms with Crippen LogP contribution < -0.4 is 10.6 Å². The monoisotopic (exact) mass is 285 g/mol. The molecular formula is C10H15N5O5. The molecular weight excluding hydrogens is 270 g/mol. The number of urea groups is 1. The molecule has 2 amide bonds. The van der Waals surface area contributed by atoms with Gasteiger partial charge >= 0.3 is 18.0 Å². The summed E-state index contributed by atoms with van der Waals surface area (Å²) in [6.07, 6.45) is 1.25. The van der Waals surface area contributed by atoms with Gasteiger partial charge < -0.3 is 25.4 Å². The van der Waals surface area contributed by atoms with Gasteiger partial charge in [-0.25, -0.2) is 9.59 Å². The second-order valence-corrected chi connectivity index (χ2v) is 4.00. The van der Waals surface area contributed by atoms with Crippen LogP contribution in [-0.4, -0.2) is 55.5 Å². The Kier molecular flexibility index (Phi) is 5.44. The van der Waals surface area contributed by atoms with Crippen molar-refractivity contribution in [3.63, 3.8) is 0 Å². The second-order valence-electron chi connectivity index (χ2n) is 4.00. The largest absolute Gasteiger partial charge is 0.481 e. The minimum Gasteiger partial charge on any atom is -0.481 e. The van der Waals surface area contributed by atoms with Crippen molar-refractivity contribution in [2.75, 3.05) is 6.54 Å². The van der Waals surface area contributed by atoms with Gasteiger partial charge in [0, 0.05) is 20.0 Å². The van der Waals surface area contributed by atoms with Gasteiger partial charge in [0.25, 0.3) is 0 Å². The van der Waals surface area contributed by atoms with Crippen molar-refractivity contribution in [2.24, 2.45) is 7.05 Å². The highest BCUT2D eigenvalue weighted by Gasteiger charge is 2.22. The zero-order valence-corrected chi connectivity index (χ0v) is 10.7. The van der Waals surface area contributed by atoms with Crippen LogP contribution in [0.2, 0.25) is 0 Å². The standard InChI is InChI=1S/C10H15N5O5/c1-15-5-12-14-7(15)2-3-11-10(20)13-6(9(18)19)4-8(16)17/h5-6H,2-4H2,1H3,(H,16,17)(H,18,19)(H2,11,13,20). The predicted molar refractivity (Wildman–Crippen MR) is 64.9 cm³/mol. The molecule has 10 heteroatoms. The van der Waals surface area contributed by atoms with Gasteiger partial charge in [-0.3, -0.25) is 4.79 Å². The second kappa shape index (κ2) is 7.07. The van der Waals surface area contributed by atoms with Crippen LogP contribution in [0, 0.1) is 0 Å². The van der Waals surface area contributed by atoms with Gasteiger partial charge in [0.05, 0.1) is 6.42 Å². The van der Waals surface area contributed by atoms with Crippen LogP contribution >= 0.6 is 0 Å². The topological polar surface area (TPSA) is 146 Å². The van der Waals surface area contributed by atoms with E-state index in [-0.39, 0.29) is 6.54 Å². The number of carboxylic acids is 2. The lowest BCUT2D eigenvalue weighted by atomic mass is 10.2. The van der Waals surface area contributed by atoms with Crippen LogP contribution in [0.25, 0.3) is 0 Å². The summed E-state index contributed by atoms with van der Waals surface area (Å²) in [4.78, 5) is 32.6. The quantitative estimate of drug-likeness (QED) is 0.481. The maximum Gasteiger partial charge on any atom is 0.326 e. The third-order valence-electron chi connectivity index (χ3n) is 2.42. The summed E-state index contributed by atoms with van der Waals surface area (Å²) in [7, 11) is 1.75. The number of carbonyl (C=O) groups excluding carboxylic acids is 1. The van der Waals surface area contributed by atoms with Gasteiger partial charge in [0.2, 0.25) is 0 Å². The molecule has 1 rings (SSSR count). The normalized spacial score (nSPS) is 11.7. The molecule has 0 saturated heterocycles. The molecule has 20 heavy (non-hydrogen) atoms. The van der Waals surface area contributed by atoms with Gasteiger partial charge in [-0.05, 0) is 0 Å². The third-order valence-corrected chi connectivity index (χ3v) is 2.42. The van der Waals surface area contributed by atoms with Crippen molar-refractivity contribution in [3.8, 4) is 0 Å². The fourth-order valence-electron chi connectivity index (χ4n) is 1.41. The van der Waals surface area contributed by atoms with E-state index in [9.17, 15) is 14.4 Å². The summed E-state index contributed by atoms with van der Waals surface area (Å²) < 4.78 is 1.68. The lowest BCUT2D eigenvalue weighted by Crippen LogP contribution is -2.47. The number of nitrogens with one attached hydrogen (secondary N) is 2. The van der Waals surface area contributed by atoms with Crippen molar-refractivity contribution < 1.29 is 24.6 Å². The van der Waals surface area contributed by atoms with Gasteiger partial charge in [-0.1, -0.05) is 0 Å². The Balaban J connectivity index is 2.36. The first kappa shape index (κ1) is 15.4. The molecule has 1 unspecified atom stereocenters. The zero-order chi connectivity index (χ0) is 15.1. The first-order valence-corrected chi connectivity index (χ1v) is 5.72. The highest BCUT2D eigenvalue weighted by atomic mass is 16.4. The number of hydrogen-bond acceptors (Lipinski definition) is 5. The Hall–Kier alpha value is -2.65. The van der Waals surface area contributed by atoms with Crippen LogP contribution in [0.1, 0.15) is 12.2 Å². The molecule has 1 atom stereocenters. The SMILES string of the molecule is Cn1cnnc1CCNC(=O)NC(CC(=O)O)C(=O)O. The van der Waals surface area contributed by atoms with E-state index in [1.807, 2.05) is 0 Å². The molecule has 0 radical (unpaired) electrons. The summed E-state index contributed by atoms with van der Waals surface area (Å²) in [5.41, 5.74) is 0. The van der Waals surface area contributed by atoms with Gasteiger partial charge in [0.15, 0.2) is 0 Å². The van der Waals surface area contributed by atoms with Crippen LogP contribution in [0.4, 0.5) is 4.79 Å². The highest BCUT2D eigenvalue weighted by molar-refractivity contribution is 5.86. The number of carbonyl (C=O) groups is 3. The number of aliphatic carboxylic acids is 2. The maximum atomic E-state index is 11.4. The average Bonchev–Trinajstić information content (AvgIpc) is 2.73. The van der Waals surface area contributed by atoms with E-state index in [0.717, 1.165) is 0 Å². The zero-order valence-electron chi connectivity index (χ0n) is 10.7. The van der Waals surface area contributed by atoms with Gasteiger partial charge in [0.1, 0.15) is 18.2 Å². The molecule has 0 aromatic carbocycles. The molecule has 1 aromatic rings. The van der Waals surface area contributed by atoms with E-state index in [1.165, 1.54) is 6.33 Å². The maximum absolute atomic E-state index is 11.4.